The van der Waals surface area contributed by atoms with E-state index in [0.29, 0.717) is 11.1 Å². The van der Waals surface area contributed by atoms with Crippen LogP contribution in [-0.2, 0) is 0 Å². The Labute approximate surface area is 120 Å². The standard InChI is InChI=1S/C13H15BrClN3/c1-8(2)16-13-17-9(3)7-18(13)12-6-10(14)4-5-11(12)15/h4-8H,1-3H3,(H,16,17). The van der Waals surface area contributed by atoms with Crippen LogP contribution in [0.5, 0.6) is 0 Å². The first-order valence-corrected chi connectivity index (χ1v) is 6.92. The van der Waals surface area contributed by atoms with Crippen LogP contribution in [0.25, 0.3) is 5.69 Å². The number of hydrogen-bond acceptors (Lipinski definition) is 2. The second-order valence-electron chi connectivity index (χ2n) is 4.47. The minimum Gasteiger partial charge on any atom is -0.353 e. The van der Waals surface area contributed by atoms with Gasteiger partial charge in [-0.05, 0) is 39.0 Å². The molecule has 0 saturated carbocycles. The maximum absolute atomic E-state index is 6.25. The van der Waals surface area contributed by atoms with Gasteiger partial charge in [-0.1, -0.05) is 27.5 Å². The molecule has 1 N–H and O–H groups in total. The van der Waals surface area contributed by atoms with Crippen LogP contribution in [-0.4, -0.2) is 15.6 Å². The highest BCUT2D eigenvalue weighted by Crippen LogP contribution is 2.27. The first kappa shape index (κ1) is 13.4. The topological polar surface area (TPSA) is 29.9 Å². The predicted octanol–water partition coefficient (Wildman–Crippen LogP) is 4.42. The normalized spacial score (nSPS) is 11.0. The SMILES string of the molecule is Cc1cn(-c2cc(Br)ccc2Cl)c(NC(C)C)n1. The van der Waals surface area contributed by atoms with Gasteiger partial charge in [0.25, 0.3) is 0 Å². The first-order valence-electron chi connectivity index (χ1n) is 5.75. The molecular weight excluding hydrogens is 314 g/mol. The highest BCUT2D eigenvalue weighted by molar-refractivity contribution is 9.10. The molecule has 0 aliphatic heterocycles. The van der Waals surface area contributed by atoms with E-state index in [2.05, 4.69) is 40.1 Å². The smallest absolute Gasteiger partial charge is 0.207 e. The van der Waals surface area contributed by atoms with Gasteiger partial charge in [0.2, 0.25) is 5.95 Å². The van der Waals surface area contributed by atoms with Gasteiger partial charge in [-0.25, -0.2) is 4.98 Å². The largest absolute Gasteiger partial charge is 0.353 e. The molecule has 0 saturated heterocycles. The molecule has 5 heteroatoms. The molecule has 2 aromatic rings. The number of rotatable bonds is 3. The summed E-state index contributed by atoms with van der Waals surface area (Å²) in [5, 5.41) is 4.01. The molecule has 3 nitrogen and oxygen atoms in total. The number of anilines is 1. The summed E-state index contributed by atoms with van der Waals surface area (Å²) in [4.78, 5) is 4.48. The van der Waals surface area contributed by atoms with Gasteiger partial charge in [-0.15, -0.1) is 0 Å². The van der Waals surface area contributed by atoms with E-state index in [9.17, 15) is 0 Å². The average molecular weight is 329 g/mol. The summed E-state index contributed by atoms with van der Waals surface area (Å²) in [6.07, 6.45) is 1.97. The van der Waals surface area contributed by atoms with E-state index in [-0.39, 0.29) is 0 Å². The number of halogens is 2. The molecule has 0 aliphatic rings. The number of aryl methyl sites for hydroxylation is 1. The van der Waals surface area contributed by atoms with Gasteiger partial charge < -0.3 is 5.32 Å². The average Bonchev–Trinajstić information content (AvgIpc) is 2.62. The quantitative estimate of drug-likeness (QED) is 0.904. The third kappa shape index (κ3) is 2.87. The van der Waals surface area contributed by atoms with Crippen molar-refractivity contribution >= 4 is 33.5 Å². The molecule has 0 radical (unpaired) electrons. The molecule has 18 heavy (non-hydrogen) atoms. The fourth-order valence-electron chi connectivity index (χ4n) is 1.71. The van der Waals surface area contributed by atoms with Crippen LogP contribution in [0, 0.1) is 6.92 Å². The number of aromatic nitrogens is 2. The number of hydrogen-bond donors (Lipinski definition) is 1. The number of nitrogens with zero attached hydrogens (tertiary/aromatic N) is 2. The predicted molar refractivity (Wildman–Crippen MR) is 79.8 cm³/mol. The van der Waals surface area contributed by atoms with Gasteiger partial charge >= 0.3 is 0 Å². The molecule has 0 unspecified atom stereocenters. The summed E-state index contributed by atoms with van der Waals surface area (Å²) in [6.45, 7) is 6.13. The van der Waals surface area contributed by atoms with Gasteiger partial charge in [-0.3, -0.25) is 4.57 Å². The van der Waals surface area contributed by atoms with Crippen molar-refractivity contribution in [2.24, 2.45) is 0 Å². The minimum atomic E-state index is 0.316. The third-order valence-electron chi connectivity index (χ3n) is 2.41. The Bertz CT molecular complexity index is 563. The van der Waals surface area contributed by atoms with Gasteiger partial charge in [0.1, 0.15) is 0 Å². The zero-order valence-electron chi connectivity index (χ0n) is 10.5. The van der Waals surface area contributed by atoms with E-state index in [0.717, 1.165) is 21.8 Å². The van der Waals surface area contributed by atoms with Crippen molar-refractivity contribution in [3.05, 3.63) is 39.6 Å². The van der Waals surface area contributed by atoms with E-state index in [1.54, 1.807) is 0 Å². The Kier molecular flexibility index (Phi) is 3.97. The van der Waals surface area contributed by atoms with Crippen molar-refractivity contribution in [3.63, 3.8) is 0 Å². The maximum atomic E-state index is 6.25. The van der Waals surface area contributed by atoms with Crippen molar-refractivity contribution in [1.29, 1.82) is 0 Å². The maximum Gasteiger partial charge on any atom is 0.207 e. The molecule has 0 spiro atoms. The number of benzene rings is 1. The fourth-order valence-corrected chi connectivity index (χ4v) is 2.27. The fraction of sp³-hybridized carbons (Fsp3) is 0.308. The lowest BCUT2D eigenvalue weighted by molar-refractivity contribution is 0.864. The van der Waals surface area contributed by atoms with Crippen molar-refractivity contribution in [2.45, 2.75) is 26.8 Å². The monoisotopic (exact) mass is 327 g/mol. The second-order valence-corrected chi connectivity index (χ2v) is 5.79. The lowest BCUT2D eigenvalue weighted by Crippen LogP contribution is -2.14. The summed E-state index contributed by atoms with van der Waals surface area (Å²) in [7, 11) is 0. The van der Waals surface area contributed by atoms with Gasteiger partial charge in [0, 0.05) is 16.7 Å². The van der Waals surface area contributed by atoms with Crippen LogP contribution < -0.4 is 5.32 Å². The molecule has 1 aromatic heterocycles. The van der Waals surface area contributed by atoms with Crippen LogP contribution in [0.4, 0.5) is 5.95 Å². The Hall–Kier alpha value is -1.00. The molecule has 2 rings (SSSR count). The van der Waals surface area contributed by atoms with Gasteiger partial charge in [-0.2, -0.15) is 0 Å². The van der Waals surface area contributed by atoms with E-state index >= 15 is 0 Å². The summed E-state index contributed by atoms with van der Waals surface area (Å²) >= 11 is 9.71. The van der Waals surface area contributed by atoms with Crippen molar-refractivity contribution in [1.82, 2.24) is 9.55 Å². The highest BCUT2D eigenvalue weighted by atomic mass is 79.9. The summed E-state index contributed by atoms with van der Waals surface area (Å²) in [6, 6.07) is 6.09. The zero-order valence-corrected chi connectivity index (χ0v) is 12.9. The summed E-state index contributed by atoms with van der Waals surface area (Å²) in [5.74, 6) is 0.808. The highest BCUT2D eigenvalue weighted by Gasteiger charge is 2.11. The minimum absolute atomic E-state index is 0.316. The van der Waals surface area contributed by atoms with E-state index in [1.807, 2.05) is 35.9 Å². The van der Waals surface area contributed by atoms with Crippen LogP contribution in [0.2, 0.25) is 5.02 Å². The van der Waals surface area contributed by atoms with Crippen LogP contribution in [0.1, 0.15) is 19.5 Å². The van der Waals surface area contributed by atoms with Crippen molar-refractivity contribution in [3.8, 4) is 5.69 Å². The van der Waals surface area contributed by atoms with E-state index in [4.69, 9.17) is 11.6 Å². The van der Waals surface area contributed by atoms with Crippen LogP contribution >= 0.6 is 27.5 Å². The summed E-state index contributed by atoms with van der Waals surface area (Å²) in [5.41, 5.74) is 1.86. The molecule has 1 heterocycles. The van der Waals surface area contributed by atoms with Crippen LogP contribution in [0.3, 0.4) is 0 Å². The van der Waals surface area contributed by atoms with E-state index in [1.165, 1.54) is 0 Å². The molecule has 0 bridgehead atoms. The molecule has 96 valence electrons. The molecule has 0 fully saturated rings. The molecular formula is C13H15BrClN3. The number of nitrogens with one attached hydrogen (secondary N) is 1. The number of imidazole rings is 1. The lowest BCUT2D eigenvalue weighted by Gasteiger charge is -2.13. The Morgan fingerprint density at radius 1 is 1.39 bits per heavy atom. The Morgan fingerprint density at radius 2 is 2.11 bits per heavy atom. The van der Waals surface area contributed by atoms with Gasteiger partial charge in [0.05, 0.1) is 16.4 Å². The first-order chi connectivity index (χ1) is 8.47. The summed E-state index contributed by atoms with van der Waals surface area (Å²) < 4.78 is 2.96. The van der Waals surface area contributed by atoms with E-state index < -0.39 is 0 Å². The molecule has 0 atom stereocenters. The Morgan fingerprint density at radius 3 is 2.78 bits per heavy atom. The lowest BCUT2D eigenvalue weighted by atomic mass is 10.3. The third-order valence-corrected chi connectivity index (χ3v) is 3.22. The molecule has 0 amide bonds. The van der Waals surface area contributed by atoms with Crippen molar-refractivity contribution < 1.29 is 0 Å². The Balaban J connectivity index is 2.52. The van der Waals surface area contributed by atoms with Crippen molar-refractivity contribution in [2.75, 3.05) is 5.32 Å². The van der Waals surface area contributed by atoms with Gasteiger partial charge in [0.15, 0.2) is 0 Å². The molecule has 1 aromatic carbocycles. The zero-order chi connectivity index (χ0) is 13.3. The van der Waals surface area contributed by atoms with Crippen LogP contribution in [0.15, 0.2) is 28.9 Å². The second kappa shape index (κ2) is 5.33. The molecule has 0 aliphatic carbocycles.